The van der Waals surface area contributed by atoms with Crippen molar-refractivity contribution in [3.8, 4) is 5.75 Å². The van der Waals surface area contributed by atoms with E-state index in [2.05, 4.69) is 15.6 Å². The van der Waals surface area contributed by atoms with Crippen molar-refractivity contribution in [1.29, 1.82) is 0 Å². The van der Waals surface area contributed by atoms with Crippen LogP contribution in [0.25, 0.3) is 10.9 Å². The first-order chi connectivity index (χ1) is 14.3. The Bertz CT molecular complexity index is 1190. The summed E-state index contributed by atoms with van der Waals surface area (Å²) in [6.07, 6.45) is 1.44. The van der Waals surface area contributed by atoms with E-state index in [4.69, 9.17) is 16.3 Å². The largest absolute Gasteiger partial charge is 0.505 e. The molecule has 2 amide bonds. The van der Waals surface area contributed by atoms with E-state index in [1.807, 2.05) is 0 Å². The van der Waals surface area contributed by atoms with Crippen LogP contribution in [0.15, 0.2) is 41.5 Å². The molecule has 3 N–H and O–H groups in total. The molecule has 10 heteroatoms. The zero-order chi connectivity index (χ0) is 21.8. The number of Topliss-reactive ketones (excluding diaryl/α,β-unsaturated/α-hetero) is 1. The number of phenols is 1. The van der Waals surface area contributed by atoms with Crippen molar-refractivity contribution >= 4 is 45.7 Å². The second-order valence-electron chi connectivity index (χ2n) is 6.45. The van der Waals surface area contributed by atoms with Crippen LogP contribution >= 0.6 is 11.6 Å². The van der Waals surface area contributed by atoms with Gasteiger partial charge in [0.15, 0.2) is 5.78 Å². The minimum atomic E-state index is -0.690. The fraction of sp³-hybridized carbons (Fsp3) is 0.200. The molecule has 0 spiro atoms. The van der Waals surface area contributed by atoms with Gasteiger partial charge in [-0.2, -0.15) is 0 Å². The van der Waals surface area contributed by atoms with E-state index < -0.39 is 11.8 Å². The molecule has 1 aromatic heterocycles. The highest BCUT2D eigenvalue weighted by atomic mass is 35.5. The summed E-state index contributed by atoms with van der Waals surface area (Å²) in [4.78, 5) is 40.8. The number of hydrogen-bond donors (Lipinski definition) is 3. The average molecular weight is 431 g/mol. The smallest absolute Gasteiger partial charge is 0.323 e. The van der Waals surface area contributed by atoms with Crippen molar-refractivity contribution < 1.29 is 19.4 Å². The second kappa shape index (κ2) is 8.93. The third kappa shape index (κ3) is 4.58. The molecule has 0 radical (unpaired) electrons. The molecule has 0 aliphatic rings. The number of nitrogens with zero attached hydrogens (tertiary/aromatic N) is 2. The van der Waals surface area contributed by atoms with E-state index in [9.17, 15) is 19.5 Å². The van der Waals surface area contributed by atoms with Gasteiger partial charge in [0.25, 0.3) is 5.56 Å². The fourth-order valence-corrected chi connectivity index (χ4v) is 3.05. The molecule has 9 nitrogen and oxygen atoms in total. The van der Waals surface area contributed by atoms with Gasteiger partial charge in [-0.25, -0.2) is 9.78 Å². The summed E-state index contributed by atoms with van der Waals surface area (Å²) in [6, 6.07) is 6.65. The summed E-state index contributed by atoms with van der Waals surface area (Å²) in [5, 5.41) is 15.7. The summed E-state index contributed by atoms with van der Waals surface area (Å²) < 4.78 is 6.40. The van der Waals surface area contributed by atoms with E-state index in [1.54, 1.807) is 12.1 Å². The first kappa shape index (κ1) is 21.3. The number of rotatable bonds is 6. The summed E-state index contributed by atoms with van der Waals surface area (Å²) >= 11 is 5.96. The van der Waals surface area contributed by atoms with Crippen molar-refractivity contribution in [1.82, 2.24) is 9.55 Å². The zero-order valence-electron chi connectivity index (χ0n) is 16.2. The molecule has 0 atom stereocenters. The van der Waals surface area contributed by atoms with Gasteiger partial charge in [-0.3, -0.25) is 14.2 Å². The molecule has 0 saturated heterocycles. The van der Waals surface area contributed by atoms with Crippen LogP contribution in [0.4, 0.5) is 16.2 Å². The average Bonchev–Trinajstić information content (AvgIpc) is 2.70. The number of ketones is 1. The quantitative estimate of drug-likeness (QED) is 0.407. The summed E-state index contributed by atoms with van der Waals surface area (Å²) in [7, 11) is 1.54. The molecule has 0 aliphatic heterocycles. The number of benzene rings is 2. The van der Waals surface area contributed by atoms with Gasteiger partial charge in [0.05, 0.1) is 41.6 Å². The van der Waals surface area contributed by atoms with Crippen LogP contribution in [0.5, 0.6) is 5.75 Å². The number of methoxy groups -OCH3 is 1. The minimum Gasteiger partial charge on any atom is -0.505 e. The third-order valence-corrected chi connectivity index (χ3v) is 4.54. The van der Waals surface area contributed by atoms with Gasteiger partial charge in [-0.15, -0.1) is 0 Å². The second-order valence-corrected chi connectivity index (χ2v) is 6.89. The lowest BCUT2D eigenvalue weighted by Gasteiger charge is -2.12. The SMILES string of the molecule is COCCn1cnc2ccc(NC(=O)Nc3cc(Cl)cc(C(C)=O)c3O)cc2c1=O. The summed E-state index contributed by atoms with van der Waals surface area (Å²) in [6.45, 7) is 1.99. The van der Waals surface area contributed by atoms with Crippen molar-refractivity contribution in [3.63, 3.8) is 0 Å². The Morgan fingerprint density at radius 3 is 2.70 bits per heavy atom. The molecule has 2 aromatic carbocycles. The Labute approximate surface area is 176 Å². The number of halogens is 1. The minimum absolute atomic E-state index is 0.00816. The molecule has 1 heterocycles. The van der Waals surface area contributed by atoms with Crippen LogP contribution in [0.2, 0.25) is 5.02 Å². The molecule has 0 aliphatic carbocycles. The van der Waals surface area contributed by atoms with Crippen LogP contribution in [0.1, 0.15) is 17.3 Å². The lowest BCUT2D eigenvalue weighted by atomic mass is 10.1. The summed E-state index contributed by atoms with van der Waals surface area (Å²) in [5.41, 5.74) is 0.537. The Morgan fingerprint density at radius 1 is 1.23 bits per heavy atom. The van der Waals surface area contributed by atoms with E-state index in [0.717, 1.165) is 0 Å². The number of aromatic hydroxyl groups is 1. The molecule has 0 saturated carbocycles. The molecule has 3 aromatic rings. The maximum absolute atomic E-state index is 12.6. The van der Waals surface area contributed by atoms with E-state index in [0.29, 0.717) is 29.7 Å². The van der Waals surface area contributed by atoms with Gasteiger partial charge in [0, 0.05) is 17.8 Å². The Morgan fingerprint density at radius 2 is 2.00 bits per heavy atom. The van der Waals surface area contributed by atoms with Crippen molar-refractivity contribution in [2.75, 3.05) is 24.4 Å². The Kier molecular flexibility index (Phi) is 6.34. The first-order valence-corrected chi connectivity index (χ1v) is 9.27. The molecule has 0 fully saturated rings. The van der Waals surface area contributed by atoms with Crippen molar-refractivity contribution in [3.05, 3.63) is 57.6 Å². The molecular formula is C20H19ClN4O5. The van der Waals surface area contributed by atoms with Gasteiger partial charge < -0.3 is 20.5 Å². The topological polar surface area (TPSA) is 123 Å². The summed E-state index contributed by atoms with van der Waals surface area (Å²) in [5.74, 6) is -0.781. The van der Waals surface area contributed by atoms with Crippen LogP contribution in [-0.2, 0) is 11.3 Å². The highest BCUT2D eigenvalue weighted by molar-refractivity contribution is 6.31. The first-order valence-electron chi connectivity index (χ1n) is 8.89. The Hall–Kier alpha value is -3.43. The zero-order valence-corrected chi connectivity index (χ0v) is 17.0. The number of fused-ring (bicyclic) bond motifs is 1. The van der Waals surface area contributed by atoms with Gasteiger partial charge in [0.2, 0.25) is 0 Å². The molecule has 3 rings (SSSR count). The molecule has 30 heavy (non-hydrogen) atoms. The van der Waals surface area contributed by atoms with Crippen LogP contribution < -0.4 is 16.2 Å². The number of ether oxygens (including phenoxy) is 1. The van der Waals surface area contributed by atoms with E-state index in [1.165, 1.54) is 43.1 Å². The highest BCUT2D eigenvalue weighted by Crippen LogP contribution is 2.32. The van der Waals surface area contributed by atoms with Gasteiger partial charge in [0.1, 0.15) is 5.75 Å². The van der Waals surface area contributed by atoms with Gasteiger partial charge in [-0.1, -0.05) is 11.6 Å². The molecule has 0 unspecified atom stereocenters. The lowest BCUT2D eigenvalue weighted by molar-refractivity contribution is 0.101. The van der Waals surface area contributed by atoms with Crippen LogP contribution in [0.3, 0.4) is 0 Å². The van der Waals surface area contributed by atoms with E-state index >= 15 is 0 Å². The number of aromatic nitrogens is 2. The van der Waals surface area contributed by atoms with Gasteiger partial charge in [-0.05, 0) is 37.3 Å². The van der Waals surface area contributed by atoms with Crippen LogP contribution in [-0.4, -0.2) is 40.2 Å². The number of carbonyl (C=O) groups excluding carboxylic acids is 2. The predicted molar refractivity (Wildman–Crippen MR) is 114 cm³/mol. The molecule has 156 valence electrons. The highest BCUT2D eigenvalue weighted by Gasteiger charge is 2.15. The standard InChI is InChI=1S/C20H19ClN4O5/c1-11(26)14-7-12(21)8-17(18(14)27)24-20(29)23-13-3-4-16-15(9-13)19(28)25(10-22-16)5-6-30-2/h3-4,7-10,27H,5-6H2,1-2H3,(H2,23,24,29). The molecular weight excluding hydrogens is 412 g/mol. The molecule has 0 bridgehead atoms. The van der Waals surface area contributed by atoms with E-state index in [-0.39, 0.29) is 27.6 Å². The number of amides is 2. The predicted octanol–water partition coefficient (Wildman–Crippen LogP) is 3.25. The number of carbonyl (C=O) groups is 2. The maximum atomic E-state index is 12.6. The lowest BCUT2D eigenvalue weighted by Crippen LogP contribution is -2.23. The van der Waals surface area contributed by atoms with Crippen molar-refractivity contribution in [2.24, 2.45) is 0 Å². The number of phenolic OH excluding ortho intramolecular Hbond substituents is 1. The third-order valence-electron chi connectivity index (χ3n) is 4.32. The number of hydrogen-bond acceptors (Lipinski definition) is 6. The monoisotopic (exact) mass is 430 g/mol. The van der Waals surface area contributed by atoms with Crippen LogP contribution in [0, 0.1) is 0 Å². The number of urea groups is 1. The maximum Gasteiger partial charge on any atom is 0.323 e. The number of anilines is 2. The van der Waals surface area contributed by atoms with Gasteiger partial charge >= 0.3 is 6.03 Å². The fourth-order valence-electron chi connectivity index (χ4n) is 2.83. The number of nitrogens with one attached hydrogen (secondary N) is 2. The normalized spacial score (nSPS) is 10.8. The Balaban J connectivity index is 1.84. The van der Waals surface area contributed by atoms with Crippen molar-refractivity contribution in [2.45, 2.75) is 13.5 Å².